The van der Waals surface area contributed by atoms with Crippen molar-refractivity contribution < 1.29 is 0 Å². The lowest BCUT2D eigenvalue weighted by atomic mass is 10.1. The van der Waals surface area contributed by atoms with Crippen LogP contribution in [0.1, 0.15) is 18.4 Å². The van der Waals surface area contributed by atoms with E-state index in [-0.39, 0.29) is 11.2 Å². The molecular formula is C17H26N6O2. The Labute approximate surface area is 146 Å². The predicted octanol–water partition coefficient (Wildman–Crippen LogP) is -0.476. The molecule has 0 spiro atoms. The summed E-state index contributed by atoms with van der Waals surface area (Å²) >= 11 is 0. The Bertz CT molecular complexity index is 865. The molecule has 1 fully saturated rings. The lowest BCUT2D eigenvalue weighted by Crippen LogP contribution is -2.51. The maximum Gasteiger partial charge on any atom is 0.330 e. The van der Waals surface area contributed by atoms with E-state index < -0.39 is 0 Å². The Morgan fingerprint density at radius 2 is 1.88 bits per heavy atom. The van der Waals surface area contributed by atoms with E-state index in [1.807, 2.05) is 19.4 Å². The second-order valence-corrected chi connectivity index (χ2v) is 6.88. The van der Waals surface area contributed by atoms with Crippen molar-refractivity contribution in [3.8, 4) is 0 Å². The monoisotopic (exact) mass is 346 g/mol. The fourth-order valence-electron chi connectivity index (χ4n) is 3.34. The molecule has 136 valence electrons. The van der Waals surface area contributed by atoms with Gasteiger partial charge < -0.3 is 4.57 Å². The Kier molecular flexibility index (Phi) is 4.91. The van der Waals surface area contributed by atoms with Crippen LogP contribution in [0.2, 0.25) is 0 Å². The van der Waals surface area contributed by atoms with E-state index in [1.165, 1.54) is 7.05 Å². The number of aromatic nitrogens is 4. The Morgan fingerprint density at radius 3 is 2.52 bits per heavy atom. The van der Waals surface area contributed by atoms with E-state index in [0.29, 0.717) is 12.6 Å². The summed E-state index contributed by atoms with van der Waals surface area (Å²) in [6.45, 7) is 6.39. The average molecular weight is 346 g/mol. The zero-order valence-electron chi connectivity index (χ0n) is 15.3. The van der Waals surface area contributed by atoms with E-state index >= 15 is 0 Å². The van der Waals surface area contributed by atoms with Crippen LogP contribution in [-0.2, 0) is 34.2 Å². The van der Waals surface area contributed by atoms with Gasteiger partial charge in [0.05, 0.1) is 6.54 Å². The second-order valence-electron chi connectivity index (χ2n) is 6.88. The molecule has 1 aliphatic rings. The number of imidazole rings is 1. The molecule has 0 aromatic carbocycles. The minimum atomic E-state index is -0.274. The molecule has 0 N–H and O–H groups in total. The topological polar surface area (TPSA) is 68.3 Å². The van der Waals surface area contributed by atoms with Crippen molar-refractivity contribution in [1.29, 1.82) is 0 Å². The van der Waals surface area contributed by atoms with Crippen LogP contribution in [0.5, 0.6) is 0 Å². The van der Waals surface area contributed by atoms with Gasteiger partial charge in [-0.2, -0.15) is 0 Å². The van der Waals surface area contributed by atoms with Crippen molar-refractivity contribution in [1.82, 2.24) is 28.5 Å². The van der Waals surface area contributed by atoms with Crippen LogP contribution in [-0.4, -0.2) is 54.2 Å². The van der Waals surface area contributed by atoms with E-state index in [2.05, 4.69) is 26.3 Å². The average Bonchev–Trinajstić information content (AvgIpc) is 2.98. The molecule has 1 aliphatic heterocycles. The smallest absolute Gasteiger partial charge is 0.330 e. The van der Waals surface area contributed by atoms with Gasteiger partial charge in [0.1, 0.15) is 5.82 Å². The van der Waals surface area contributed by atoms with Crippen molar-refractivity contribution in [2.45, 2.75) is 26.1 Å². The summed E-state index contributed by atoms with van der Waals surface area (Å²) in [5.74, 6) is 1.06. The van der Waals surface area contributed by atoms with Crippen LogP contribution in [0, 0.1) is 0 Å². The van der Waals surface area contributed by atoms with Crippen LogP contribution in [0.4, 0.5) is 0 Å². The second kappa shape index (κ2) is 6.97. The van der Waals surface area contributed by atoms with Gasteiger partial charge in [-0.15, -0.1) is 0 Å². The number of piperazine rings is 1. The van der Waals surface area contributed by atoms with Gasteiger partial charge in [-0.3, -0.25) is 23.7 Å². The highest BCUT2D eigenvalue weighted by molar-refractivity contribution is 5.03. The molecule has 8 heteroatoms. The number of hydrogen-bond acceptors (Lipinski definition) is 5. The molecule has 1 unspecified atom stereocenters. The summed E-state index contributed by atoms with van der Waals surface area (Å²) in [7, 11) is 5.24. The van der Waals surface area contributed by atoms with Crippen LogP contribution in [0.15, 0.2) is 28.0 Å². The molecule has 1 saturated heterocycles. The lowest BCUT2D eigenvalue weighted by Gasteiger charge is -2.39. The summed E-state index contributed by atoms with van der Waals surface area (Å²) in [5, 5.41) is 0. The molecule has 3 heterocycles. The maximum atomic E-state index is 12.1. The molecular weight excluding hydrogens is 320 g/mol. The highest BCUT2D eigenvalue weighted by Crippen LogP contribution is 2.14. The van der Waals surface area contributed by atoms with E-state index in [4.69, 9.17) is 0 Å². The Balaban J connectivity index is 1.67. The van der Waals surface area contributed by atoms with Crippen LogP contribution < -0.4 is 11.2 Å². The molecule has 2 aromatic heterocycles. The zero-order valence-corrected chi connectivity index (χ0v) is 15.3. The van der Waals surface area contributed by atoms with Crippen LogP contribution in [0.3, 0.4) is 0 Å². The lowest BCUT2D eigenvalue weighted by molar-refractivity contribution is 0.0692. The molecule has 3 rings (SSSR count). The SMILES string of the molecule is CC1CN(Cc2cc(=O)n(C)c(=O)n2C)CCN1Cc1nccn1C. The predicted molar refractivity (Wildman–Crippen MR) is 95.3 cm³/mol. The van der Waals surface area contributed by atoms with Crippen LogP contribution >= 0.6 is 0 Å². The highest BCUT2D eigenvalue weighted by Gasteiger charge is 2.25. The fraction of sp³-hybridized carbons (Fsp3) is 0.588. The first-order valence-electron chi connectivity index (χ1n) is 8.55. The third kappa shape index (κ3) is 3.59. The molecule has 0 amide bonds. The van der Waals surface area contributed by atoms with Gasteiger partial charge in [0, 0.05) is 77.5 Å². The number of aryl methyl sites for hydroxylation is 1. The molecule has 0 radical (unpaired) electrons. The minimum absolute atomic E-state index is 0.250. The largest absolute Gasteiger partial charge is 0.337 e. The van der Waals surface area contributed by atoms with Crippen LogP contribution in [0.25, 0.3) is 0 Å². The maximum absolute atomic E-state index is 12.1. The highest BCUT2D eigenvalue weighted by atomic mass is 16.2. The van der Waals surface area contributed by atoms with Crippen molar-refractivity contribution in [3.63, 3.8) is 0 Å². The van der Waals surface area contributed by atoms with Crippen molar-refractivity contribution in [3.05, 3.63) is 50.8 Å². The van der Waals surface area contributed by atoms with E-state index in [9.17, 15) is 9.59 Å². The zero-order chi connectivity index (χ0) is 18.1. The van der Waals surface area contributed by atoms with Gasteiger partial charge in [0.15, 0.2) is 0 Å². The Morgan fingerprint density at radius 1 is 1.12 bits per heavy atom. The molecule has 1 atom stereocenters. The van der Waals surface area contributed by atoms with Crippen molar-refractivity contribution in [2.75, 3.05) is 19.6 Å². The standard InChI is InChI=1S/C17H26N6O2/c1-13-10-22(7-8-23(13)12-15-18-5-6-19(15)2)11-14-9-16(24)21(4)17(25)20(14)3/h5-6,9,13H,7-8,10-12H2,1-4H3. The van der Waals surface area contributed by atoms with Gasteiger partial charge in [0.2, 0.25) is 0 Å². The van der Waals surface area contributed by atoms with Gasteiger partial charge in [-0.25, -0.2) is 9.78 Å². The van der Waals surface area contributed by atoms with E-state index in [1.54, 1.807) is 17.7 Å². The normalized spacial score (nSPS) is 19.4. The number of nitrogens with zero attached hydrogens (tertiary/aromatic N) is 6. The fourth-order valence-corrected chi connectivity index (χ4v) is 3.34. The first-order valence-corrected chi connectivity index (χ1v) is 8.55. The van der Waals surface area contributed by atoms with Crippen molar-refractivity contribution in [2.24, 2.45) is 21.1 Å². The van der Waals surface area contributed by atoms with E-state index in [0.717, 1.165) is 42.3 Å². The number of hydrogen-bond donors (Lipinski definition) is 0. The summed E-state index contributed by atoms with van der Waals surface area (Å²) in [5.41, 5.74) is 0.237. The molecule has 0 aliphatic carbocycles. The van der Waals surface area contributed by atoms with Gasteiger partial charge >= 0.3 is 5.69 Å². The summed E-state index contributed by atoms with van der Waals surface area (Å²) in [6, 6.07) is 1.95. The first kappa shape index (κ1) is 17.6. The summed E-state index contributed by atoms with van der Waals surface area (Å²) in [4.78, 5) is 33.1. The van der Waals surface area contributed by atoms with Gasteiger partial charge in [-0.1, -0.05) is 0 Å². The summed E-state index contributed by atoms with van der Waals surface area (Å²) < 4.78 is 4.75. The molecule has 8 nitrogen and oxygen atoms in total. The van der Waals surface area contributed by atoms with Gasteiger partial charge in [-0.05, 0) is 6.92 Å². The van der Waals surface area contributed by atoms with Crippen molar-refractivity contribution >= 4 is 0 Å². The third-order valence-corrected chi connectivity index (χ3v) is 5.13. The third-order valence-electron chi connectivity index (χ3n) is 5.13. The minimum Gasteiger partial charge on any atom is -0.337 e. The molecule has 0 bridgehead atoms. The molecule has 25 heavy (non-hydrogen) atoms. The summed E-state index contributed by atoms with van der Waals surface area (Å²) in [6.07, 6.45) is 3.79. The first-order chi connectivity index (χ1) is 11.9. The molecule has 0 saturated carbocycles. The molecule has 2 aromatic rings. The van der Waals surface area contributed by atoms with Gasteiger partial charge in [0.25, 0.3) is 5.56 Å². The number of rotatable bonds is 4. The quantitative estimate of drug-likeness (QED) is 0.748. The Hall–Kier alpha value is -2.19.